The van der Waals surface area contributed by atoms with Crippen molar-refractivity contribution >= 4 is 11.8 Å². The summed E-state index contributed by atoms with van der Waals surface area (Å²) in [6, 6.07) is -0.139. The smallest absolute Gasteiger partial charge is 0.323 e. The highest BCUT2D eigenvalue weighted by Gasteiger charge is 2.31. The Morgan fingerprint density at radius 1 is 1.53 bits per heavy atom. The Kier molecular flexibility index (Phi) is 4.68. The summed E-state index contributed by atoms with van der Waals surface area (Å²) in [5.41, 5.74) is 0.873. The number of carbonyl (C=O) groups is 1. The van der Waals surface area contributed by atoms with E-state index in [0.717, 1.165) is 37.4 Å². The van der Waals surface area contributed by atoms with Gasteiger partial charge in [0, 0.05) is 13.1 Å². The second kappa shape index (κ2) is 6.47. The Balaban J connectivity index is 1.98. The molecule has 104 valence electrons. The van der Waals surface area contributed by atoms with Crippen molar-refractivity contribution in [3.63, 3.8) is 0 Å². The predicted octanol–water partition coefficient (Wildman–Crippen LogP) is 1.05. The third-order valence-corrected chi connectivity index (χ3v) is 3.27. The summed E-state index contributed by atoms with van der Waals surface area (Å²) in [6.45, 7) is 4.38. The molecule has 19 heavy (non-hydrogen) atoms. The number of aromatic nitrogens is 2. The second-order valence-electron chi connectivity index (χ2n) is 4.57. The van der Waals surface area contributed by atoms with E-state index >= 15 is 0 Å². The molecule has 1 unspecified atom stereocenters. The van der Waals surface area contributed by atoms with Gasteiger partial charge in [-0.05, 0) is 26.3 Å². The summed E-state index contributed by atoms with van der Waals surface area (Å²) in [6.07, 6.45) is 5.35. The first-order valence-electron chi connectivity index (χ1n) is 6.61. The number of nitrogens with zero attached hydrogens (tertiary/aromatic N) is 3. The fourth-order valence-corrected chi connectivity index (χ4v) is 2.34. The normalized spacial score (nSPS) is 19.4. The monoisotopic (exact) mass is 264 g/mol. The molecule has 0 aliphatic carbocycles. The maximum atomic E-state index is 11.6. The molecule has 0 bridgehead atoms. The molecule has 2 heterocycles. The SMILES string of the molecule is CCNc1cnc(CN2CCCC2C(=O)OC)cn1. The van der Waals surface area contributed by atoms with Crippen LogP contribution in [0.1, 0.15) is 25.5 Å². The summed E-state index contributed by atoms with van der Waals surface area (Å²) >= 11 is 0. The van der Waals surface area contributed by atoms with Gasteiger partial charge in [0.2, 0.25) is 0 Å². The van der Waals surface area contributed by atoms with Gasteiger partial charge in [-0.2, -0.15) is 0 Å². The van der Waals surface area contributed by atoms with E-state index in [4.69, 9.17) is 4.74 Å². The summed E-state index contributed by atoms with van der Waals surface area (Å²) in [7, 11) is 1.43. The summed E-state index contributed by atoms with van der Waals surface area (Å²) in [5, 5.41) is 3.10. The van der Waals surface area contributed by atoms with E-state index in [2.05, 4.69) is 20.2 Å². The quantitative estimate of drug-likeness (QED) is 0.802. The van der Waals surface area contributed by atoms with E-state index < -0.39 is 0 Å². The van der Waals surface area contributed by atoms with Gasteiger partial charge in [0.05, 0.1) is 25.2 Å². The molecule has 1 atom stereocenters. The van der Waals surface area contributed by atoms with Crippen LogP contribution in [0.5, 0.6) is 0 Å². The first-order chi connectivity index (χ1) is 9.24. The largest absolute Gasteiger partial charge is 0.468 e. The molecule has 0 aromatic carbocycles. The minimum atomic E-state index is -0.158. The number of hydrogen-bond donors (Lipinski definition) is 1. The topological polar surface area (TPSA) is 67.4 Å². The minimum absolute atomic E-state index is 0.139. The van der Waals surface area contributed by atoms with E-state index in [0.29, 0.717) is 6.54 Å². The van der Waals surface area contributed by atoms with Gasteiger partial charge in [0.15, 0.2) is 0 Å². The van der Waals surface area contributed by atoms with Crippen molar-refractivity contribution in [2.24, 2.45) is 0 Å². The molecule has 6 heteroatoms. The Hall–Kier alpha value is -1.69. The van der Waals surface area contributed by atoms with Crippen LogP contribution in [0.25, 0.3) is 0 Å². The van der Waals surface area contributed by atoms with Gasteiger partial charge in [-0.3, -0.25) is 14.7 Å². The van der Waals surface area contributed by atoms with Crippen molar-refractivity contribution in [1.82, 2.24) is 14.9 Å². The predicted molar refractivity (Wildman–Crippen MR) is 71.6 cm³/mol. The zero-order valence-electron chi connectivity index (χ0n) is 11.4. The second-order valence-corrected chi connectivity index (χ2v) is 4.57. The maximum absolute atomic E-state index is 11.6. The average molecular weight is 264 g/mol. The van der Waals surface area contributed by atoms with E-state index in [1.807, 2.05) is 6.92 Å². The van der Waals surface area contributed by atoms with Crippen molar-refractivity contribution in [2.45, 2.75) is 32.4 Å². The van der Waals surface area contributed by atoms with Crippen molar-refractivity contribution in [3.8, 4) is 0 Å². The van der Waals surface area contributed by atoms with Crippen molar-refractivity contribution in [2.75, 3.05) is 25.5 Å². The molecule has 2 rings (SSSR count). The van der Waals surface area contributed by atoms with E-state index in [1.165, 1.54) is 7.11 Å². The minimum Gasteiger partial charge on any atom is -0.468 e. The number of ether oxygens (including phenoxy) is 1. The molecule has 0 amide bonds. The molecule has 1 aliphatic rings. The number of nitrogens with one attached hydrogen (secondary N) is 1. The lowest BCUT2D eigenvalue weighted by molar-refractivity contribution is -0.146. The van der Waals surface area contributed by atoms with Crippen molar-refractivity contribution in [3.05, 3.63) is 18.1 Å². The van der Waals surface area contributed by atoms with Crippen molar-refractivity contribution in [1.29, 1.82) is 0 Å². The molecule has 1 fully saturated rings. The molecule has 1 aromatic rings. The molecule has 0 saturated carbocycles. The van der Waals surface area contributed by atoms with Gasteiger partial charge in [0.1, 0.15) is 11.9 Å². The molecular formula is C13H20N4O2. The average Bonchev–Trinajstić information content (AvgIpc) is 2.88. The van der Waals surface area contributed by atoms with E-state index in [1.54, 1.807) is 12.4 Å². The van der Waals surface area contributed by atoms with Crippen LogP contribution < -0.4 is 5.32 Å². The van der Waals surface area contributed by atoms with Gasteiger partial charge < -0.3 is 10.1 Å². The number of carbonyl (C=O) groups excluding carboxylic acids is 1. The van der Waals surface area contributed by atoms with Crippen LogP contribution in [0.3, 0.4) is 0 Å². The van der Waals surface area contributed by atoms with Crippen LogP contribution in [-0.2, 0) is 16.1 Å². The standard InChI is InChI=1S/C13H20N4O2/c1-3-14-12-8-15-10(7-16-12)9-17-6-4-5-11(17)13(18)19-2/h7-8,11H,3-6,9H2,1-2H3,(H,14,16). The fraction of sp³-hybridized carbons (Fsp3) is 0.615. The Labute approximate surface area is 113 Å². The number of methoxy groups -OCH3 is 1. The Bertz CT molecular complexity index is 421. The number of rotatable bonds is 5. The van der Waals surface area contributed by atoms with Crippen molar-refractivity contribution < 1.29 is 9.53 Å². The lowest BCUT2D eigenvalue weighted by atomic mass is 10.2. The molecular weight excluding hydrogens is 244 g/mol. The number of esters is 1. The fourth-order valence-electron chi connectivity index (χ4n) is 2.34. The van der Waals surface area contributed by atoms with Gasteiger partial charge >= 0.3 is 5.97 Å². The highest BCUT2D eigenvalue weighted by Crippen LogP contribution is 2.20. The summed E-state index contributed by atoms with van der Waals surface area (Å²) < 4.78 is 4.83. The first kappa shape index (κ1) is 13.7. The van der Waals surface area contributed by atoms with Gasteiger partial charge in [-0.25, -0.2) is 4.98 Å². The highest BCUT2D eigenvalue weighted by molar-refractivity contribution is 5.75. The summed E-state index contributed by atoms with van der Waals surface area (Å²) in [4.78, 5) is 22.4. The highest BCUT2D eigenvalue weighted by atomic mass is 16.5. The van der Waals surface area contributed by atoms with Crippen LogP contribution in [0.15, 0.2) is 12.4 Å². The zero-order chi connectivity index (χ0) is 13.7. The lowest BCUT2D eigenvalue weighted by Gasteiger charge is -2.21. The Morgan fingerprint density at radius 2 is 2.37 bits per heavy atom. The third-order valence-electron chi connectivity index (χ3n) is 3.27. The molecule has 0 radical (unpaired) electrons. The van der Waals surface area contributed by atoms with Crippen LogP contribution >= 0.6 is 0 Å². The molecule has 6 nitrogen and oxygen atoms in total. The van der Waals surface area contributed by atoms with Gasteiger partial charge in [-0.15, -0.1) is 0 Å². The lowest BCUT2D eigenvalue weighted by Crippen LogP contribution is -2.36. The maximum Gasteiger partial charge on any atom is 0.323 e. The Morgan fingerprint density at radius 3 is 3.00 bits per heavy atom. The van der Waals surface area contributed by atoms with Crippen LogP contribution in [0.2, 0.25) is 0 Å². The summed E-state index contributed by atoms with van der Waals surface area (Å²) in [5.74, 6) is 0.618. The number of hydrogen-bond acceptors (Lipinski definition) is 6. The molecule has 0 spiro atoms. The molecule has 1 N–H and O–H groups in total. The third kappa shape index (κ3) is 3.41. The first-order valence-corrected chi connectivity index (χ1v) is 6.61. The molecule has 1 aliphatic heterocycles. The van der Waals surface area contributed by atoms with E-state index in [9.17, 15) is 4.79 Å². The van der Waals surface area contributed by atoms with Crippen LogP contribution in [0, 0.1) is 0 Å². The molecule has 1 saturated heterocycles. The van der Waals surface area contributed by atoms with Crippen LogP contribution in [-0.4, -0.2) is 47.1 Å². The van der Waals surface area contributed by atoms with Gasteiger partial charge in [-0.1, -0.05) is 0 Å². The van der Waals surface area contributed by atoms with Crippen LogP contribution in [0.4, 0.5) is 5.82 Å². The van der Waals surface area contributed by atoms with Gasteiger partial charge in [0.25, 0.3) is 0 Å². The zero-order valence-corrected chi connectivity index (χ0v) is 11.4. The molecule has 1 aromatic heterocycles. The number of likely N-dealkylation sites (tertiary alicyclic amines) is 1. The van der Waals surface area contributed by atoms with E-state index in [-0.39, 0.29) is 12.0 Å². The number of anilines is 1.